The van der Waals surface area contributed by atoms with E-state index in [1.165, 1.54) is 19.6 Å². The summed E-state index contributed by atoms with van der Waals surface area (Å²) < 4.78 is 45.6. The maximum atomic E-state index is 12.7. The zero-order valence-electron chi connectivity index (χ0n) is 21.4. The number of aromatic nitrogens is 4. The Hall–Kier alpha value is -3.43. The molecule has 0 saturated carbocycles. The van der Waals surface area contributed by atoms with Crippen LogP contribution in [0, 0.1) is 0 Å². The van der Waals surface area contributed by atoms with Gasteiger partial charge in [0.05, 0.1) is 23.9 Å². The molecule has 3 N–H and O–H groups in total. The van der Waals surface area contributed by atoms with Crippen LogP contribution in [-0.4, -0.2) is 87.8 Å². The molecule has 2 fully saturated rings. The van der Waals surface area contributed by atoms with Crippen molar-refractivity contribution in [3.8, 4) is 0 Å². The first-order valence-corrected chi connectivity index (χ1v) is 14.4. The molecule has 6 atom stereocenters. The lowest BCUT2D eigenvalue weighted by atomic mass is 10.1. The Balaban J connectivity index is 1.44. The number of aliphatic hydroxyl groups is 1. The van der Waals surface area contributed by atoms with Gasteiger partial charge in [-0.3, -0.25) is 9.88 Å². The van der Waals surface area contributed by atoms with Gasteiger partial charge in [-0.2, -0.15) is 0 Å². The van der Waals surface area contributed by atoms with Crippen LogP contribution in [0.25, 0.3) is 17.2 Å². The highest BCUT2D eigenvalue weighted by Gasteiger charge is 2.54. The molecule has 6 unspecified atom stereocenters. The SMILES string of the molecule is CCNC(=O)Nc1ncnc2c1ncn2C1OC(CS(=O)(=O)CC(C)O)C2OC(/C=C/c3ccccc3)OC21. The quantitative estimate of drug-likeness (QED) is 0.350. The van der Waals surface area contributed by atoms with E-state index in [9.17, 15) is 18.3 Å². The number of benzene rings is 1. The Morgan fingerprint density at radius 3 is 2.67 bits per heavy atom. The van der Waals surface area contributed by atoms with Crippen molar-refractivity contribution in [3.63, 3.8) is 0 Å². The van der Waals surface area contributed by atoms with Crippen LogP contribution in [0.2, 0.25) is 0 Å². The minimum Gasteiger partial charge on any atom is -0.392 e. The van der Waals surface area contributed by atoms with Gasteiger partial charge in [-0.1, -0.05) is 36.4 Å². The number of sulfone groups is 1. The molecule has 1 aromatic carbocycles. The second kappa shape index (κ2) is 11.4. The van der Waals surface area contributed by atoms with Crippen LogP contribution in [-0.2, 0) is 24.0 Å². The number of hydrogen-bond donors (Lipinski definition) is 3. The highest BCUT2D eigenvalue weighted by molar-refractivity contribution is 7.91. The van der Waals surface area contributed by atoms with E-state index in [0.717, 1.165) is 5.56 Å². The van der Waals surface area contributed by atoms with Crippen molar-refractivity contribution in [2.45, 2.75) is 50.8 Å². The number of fused-ring (bicyclic) bond motifs is 2. The first kappa shape index (κ1) is 27.1. The maximum absolute atomic E-state index is 12.7. The first-order valence-electron chi connectivity index (χ1n) is 12.5. The van der Waals surface area contributed by atoms with Crippen LogP contribution in [0.15, 0.2) is 49.1 Å². The molecule has 0 radical (unpaired) electrons. The molecule has 2 saturated heterocycles. The lowest BCUT2D eigenvalue weighted by molar-refractivity contribution is -0.120. The number of carbonyl (C=O) groups is 1. The van der Waals surface area contributed by atoms with Crippen LogP contribution in [0.5, 0.6) is 0 Å². The lowest BCUT2D eigenvalue weighted by Gasteiger charge is -2.20. The highest BCUT2D eigenvalue weighted by Crippen LogP contribution is 2.41. The van der Waals surface area contributed by atoms with Gasteiger partial charge in [0.2, 0.25) is 0 Å². The van der Waals surface area contributed by atoms with Crippen molar-refractivity contribution in [1.82, 2.24) is 24.8 Å². The predicted octanol–water partition coefficient (Wildman–Crippen LogP) is 1.48. The van der Waals surface area contributed by atoms with Crippen molar-refractivity contribution >= 4 is 38.9 Å². The van der Waals surface area contributed by atoms with E-state index in [4.69, 9.17) is 14.2 Å². The average molecular weight is 559 g/mol. The Morgan fingerprint density at radius 1 is 1.15 bits per heavy atom. The molecule has 2 aliphatic rings. The van der Waals surface area contributed by atoms with E-state index >= 15 is 0 Å². The topological polar surface area (TPSA) is 167 Å². The van der Waals surface area contributed by atoms with E-state index in [1.54, 1.807) is 17.6 Å². The number of hydrogen-bond acceptors (Lipinski definition) is 10. The predicted molar refractivity (Wildman–Crippen MR) is 141 cm³/mol. The van der Waals surface area contributed by atoms with Crippen molar-refractivity contribution < 1.29 is 32.5 Å². The number of amides is 2. The number of imidazole rings is 1. The number of aliphatic hydroxyl groups excluding tert-OH is 1. The van der Waals surface area contributed by atoms with Gasteiger partial charge in [-0.25, -0.2) is 28.2 Å². The van der Waals surface area contributed by atoms with Crippen molar-refractivity contribution in [2.24, 2.45) is 0 Å². The number of nitrogens with one attached hydrogen (secondary N) is 2. The van der Waals surface area contributed by atoms with Gasteiger partial charge >= 0.3 is 6.03 Å². The molecule has 0 aliphatic carbocycles. The average Bonchev–Trinajstić information content (AvgIpc) is 3.57. The van der Waals surface area contributed by atoms with Crippen molar-refractivity contribution in [3.05, 3.63) is 54.6 Å². The zero-order chi connectivity index (χ0) is 27.6. The summed E-state index contributed by atoms with van der Waals surface area (Å²) in [6.07, 6.45) is 1.53. The van der Waals surface area contributed by atoms with Gasteiger partial charge in [0, 0.05) is 6.54 Å². The van der Waals surface area contributed by atoms with Gasteiger partial charge in [-0.05, 0) is 25.5 Å². The first-order chi connectivity index (χ1) is 18.7. The highest BCUT2D eigenvalue weighted by atomic mass is 32.2. The zero-order valence-corrected chi connectivity index (χ0v) is 22.2. The fraction of sp³-hybridized carbons (Fsp3) is 0.440. The number of ether oxygens (including phenoxy) is 3. The second-order valence-electron chi connectivity index (χ2n) is 9.36. The fourth-order valence-electron chi connectivity index (χ4n) is 4.69. The van der Waals surface area contributed by atoms with E-state index in [-0.39, 0.29) is 11.6 Å². The third-order valence-electron chi connectivity index (χ3n) is 6.23. The minimum atomic E-state index is -3.67. The van der Waals surface area contributed by atoms with E-state index < -0.39 is 58.6 Å². The molecule has 0 bridgehead atoms. The summed E-state index contributed by atoms with van der Waals surface area (Å²) in [4.78, 5) is 24.9. The molecule has 14 heteroatoms. The van der Waals surface area contributed by atoms with Gasteiger partial charge in [0.1, 0.15) is 24.6 Å². The van der Waals surface area contributed by atoms with Gasteiger partial charge in [0.25, 0.3) is 0 Å². The lowest BCUT2D eigenvalue weighted by Crippen LogP contribution is -2.36. The number of rotatable bonds is 9. The Morgan fingerprint density at radius 2 is 1.92 bits per heavy atom. The van der Waals surface area contributed by atoms with Gasteiger partial charge in [-0.15, -0.1) is 0 Å². The molecule has 208 valence electrons. The minimum absolute atomic E-state index is 0.211. The molecule has 2 aliphatic heterocycles. The van der Waals surface area contributed by atoms with E-state index in [2.05, 4.69) is 25.6 Å². The fourth-order valence-corrected chi connectivity index (χ4v) is 6.33. The van der Waals surface area contributed by atoms with E-state index in [0.29, 0.717) is 17.7 Å². The maximum Gasteiger partial charge on any atom is 0.320 e. The Bertz CT molecular complexity index is 1450. The third kappa shape index (κ3) is 6.09. The normalized spacial score (nSPS) is 25.7. The third-order valence-corrected chi connectivity index (χ3v) is 8.06. The van der Waals surface area contributed by atoms with Crippen LogP contribution in [0.1, 0.15) is 25.6 Å². The van der Waals surface area contributed by atoms with Crippen molar-refractivity contribution in [1.29, 1.82) is 0 Å². The Kier molecular flexibility index (Phi) is 7.91. The summed E-state index contributed by atoms with van der Waals surface area (Å²) in [6.45, 7) is 3.65. The molecule has 4 heterocycles. The summed E-state index contributed by atoms with van der Waals surface area (Å²) in [6, 6.07) is 9.19. The molecule has 13 nitrogen and oxygen atoms in total. The smallest absolute Gasteiger partial charge is 0.320 e. The van der Waals surface area contributed by atoms with Crippen molar-refractivity contribution in [2.75, 3.05) is 23.4 Å². The van der Waals surface area contributed by atoms with E-state index in [1.807, 2.05) is 36.4 Å². The number of urea groups is 1. The largest absolute Gasteiger partial charge is 0.392 e. The number of anilines is 1. The summed E-state index contributed by atoms with van der Waals surface area (Å²) in [5.74, 6) is -0.550. The summed E-state index contributed by atoms with van der Waals surface area (Å²) in [5.41, 5.74) is 1.64. The molecule has 3 aromatic rings. The standard InChI is InChI=1S/C25H30N6O7S/c1-3-26-25(33)30-22-19-23(28-13-27-22)31(14-29-19)24-21-20(17(36-24)12-39(34,35)11-15(2)32)37-18(38-21)10-9-16-7-5-4-6-8-16/h4-10,13-15,17-18,20-21,24,32H,3,11-12H2,1-2H3,(H2,26,27,28,30,33)/b10-9+. The summed E-state index contributed by atoms with van der Waals surface area (Å²) in [5, 5.41) is 14.9. The Labute approximate surface area is 225 Å². The van der Waals surface area contributed by atoms with Crippen LogP contribution in [0.3, 0.4) is 0 Å². The van der Waals surface area contributed by atoms with Crippen LogP contribution in [0.4, 0.5) is 10.6 Å². The molecular weight excluding hydrogens is 528 g/mol. The molecule has 2 aromatic heterocycles. The second-order valence-corrected chi connectivity index (χ2v) is 11.5. The van der Waals surface area contributed by atoms with Gasteiger partial charge in [0.15, 0.2) is 39.3 Å². The monoisotopic (exact) mass is 558 g/mol. The number of nitrogens with zero attached hydrogens (tertiary/aromatic N) is 4. The van der Waals surface area contributed by atoms with Crippen LogP contribution < -0.4 is 10.6 Å². The van der Waals surface area contributed by atoms with Gasteiger partial charge < -0.3 is 24.6 Å². The summed E-state index contributed by atoms with van der Waals surface area (Å²) in [7, 11) is -3.67. The number of carbonyl (C=O) groups excluding carboxylic acids is 1. The molecule has 2 amide bonds. The summed E-state index contributed by atoms with van der Waals surface area (Å²) >= 11 is 0. The molecule has 0 spiro atoms. The molecular formula is C25H30N6O7S. The molecule has 5 rings (SSSR count). The van der Waals surface area contributed by atoms with Crippen LogP contribution >= 0.6 is 0 Å². The molecule has 39 heavy (non-hydrogen) atoms.